The first kappa shape index (κ1) is 18.0. The molecule has 1 N–H and O–H groups in total. The average molecular weight is 368 g/mol. The Bertz CT molecular complexity index is 503. The summed E-state index contributed by atoms with van der Waals surface area (Å²) in [6.45, 7) is 3.77. The minimum atomic E-state index is -4.52. The molecule has 1 aromatic carbocycles. The lowest BCUT2D eigenvalue weighted by Gasteiger charge is -2.27. The molecule has 0 atom stereocenters. The smallest absolute Gasteiger partial charge is 0.396 e. The van der Waals surface area contributed by atoms with Crippen LogP contribution in [0.4, 0.5) is 13.2 Å². The third-order valence-corrected chi connectivity index (χ3v) is 3.65. The molecule has 0 saturated heterocycles. The summed E-state index contributed by atoms with van der Waals surface area (Å²) in [5.41, 5.74) is -0.892. The van der Waals surface area contributed by atoms with E-state index in [4.69, 9.17) is 5.11 Å². The van der Waals surface area contributed by atoms with Gasteiger partial charge in [0.1, 0.15) is 0 Å². The summed E-state index contributed by atoms with van der Waals surface area (Å²) in [5.74, 6) is -0.476. The van der Waals surface area contributed by atoms with E-state index in [0.29, 0.717) is 13.0 Å². The predicted molar refractivity (Wildman–Crippen MR) is 77.0 cm³/mol. The van der Waals surface area contributed by atoms with Gasteiger partial charge in [-0.3, -0.25) is 4.79 Å². The van der Waals surface area contributed by atoms with E-state index in [1.165, 1.54) is 17.0 Å². The Morgan fingerprint density at radius 3 is 2.48 bits per heavy atom. The van der Waals surface area contributed by atoms with Crippen LogP contribution in [0.5, 0.6) is 0 Å². The van der Waals surface area contributed by atoms with E-state index >= 15 is 0 Å². The Balaban J connectivity index is 3.11. The van der Waals surface area contributed by atoms with Gasteiger partial charge in [0.2, 0.25) is 0 Å². The van der Waals surface area contributed by atoms with Crippen molar-refractivity contribution in [3.8, 4) is 0 Å². The van der Waals surface area contributed by atoms with Crippen molar-refractivity contribution in [2.45, 2.75) is 32.5 Å². The molecule has 0 unspecified atom stereocenters. The number of nitrogens with zero attached hydrogens (tertiary/aromatic N) is 1. The van der Waals surface area contributed by atoms with Gasteiger partial charge in [-0.1, -0.05) is 15.9 Å². The lowest BCUT2D eigenvalue weighted by Crippen LogP contribution is -2.38. The van der Waals surface area contributed by atoms with Gasteiger partial charge in [-0.15, -0.1) is 0 Å². The van der Waals surface area contributed by atoms with Crippen LogP contribution in [0.2, 0.25) is 0 Å². The summed E-state index contributed by atoms with van der Waals surface area (Å²) in [5, 5.41) is 8.84. The Kier molecular flexibility index (Phi) is 6.22. The zero-order valence-electron chi connectivity index (χ0n) is 11.7. The van der Waals surface area contributed by atoms with Gasteiger partial charge in [0.25, 0.3) is 5.91 Å². The van der Waals surface area contributed by atoms with Crippen LogP contribution < -0.4 is 0 Å². The highest BCUT2D eigenvalue weighted by molar-refractivity contribution is 9.10. The molecular weight excluding hydrogens is 351 g/mol. The van der Waals surface area contributed by atoms with Gasteiger partial charge in [0.05, 0.1) is 5.56 Å². The fourth-order valence-corrected chi connectivity index (χ4v) is 2.35. The summed E-state index contributed by atoms with van der Waals surface area (Å²) in [6, 6.07) is 3.26. The van der Waals surface area contributed by atoms with E-state index in [-0.39, 0.29) is 22.7 Å². The number of hydrogen-bond acceptors (Lipinski definition) is 2. The number of rotatable bonds is 5. The van der Waals surface area contributed by atoms with Gasteiger partial charge in [-0.25, -0.2) is 0 Å². The van der Waals surface area contributed by atoms with Gasteiger partial charge in [0, 0.05) is 29.2 Å². The minimum absolute atomic E-state index is 0.0165. The molecule has 0 aliphatic rings. The standard InChI is InChI=1S/C14H17BrF3NO2/c1-9(2)19(6-3-7-20)13(21)10-4-5-12(15)11(8-10)14(16,17)18/h4-5,8-9,20H,3,6-7H2,1-2H3. The third-order valence-electron chi connectivity index (χ3n) is 2.96. The highest BCUT2D eigenvalue weighted by Crippen LogP contribution is 2.35. The van der Waals surface area contributed by atoms with Gasteiger partial charge in [-0.05, 0) is 38.5 Å². The lowest BCUT2D eigenvalue weighted by molar-refractivity contribution is -0.138. The first-order valence-electron chi connectivity index (χ1n) is 6.47. The Hall–Kier alpha value is -1.08. The quantitative estimate of drug-likeness (QED) is 0.861. The number of alkyl halides is 3. The molecule has 0 spiro atoms. The second-order valence-corrected chi connectivity index (χ2v) is 5.72. The number of amides is 1. The average Bonchev–Trinajstić information content (AvgIpc) is 2.37. The fourth-order valence-electron chi connectivity index (χ4n) is 1.88. The van der Waals surface area contributed by atoms with Crippen molar-refractivity contribution >= 4 is 21.8 Å². The lowest BCUT2D eigenvalue weighted by atomic mass is 10.1. The van der Waals surface area contributed by atoms with Crippen LogP contribution in [-0.2, 0) is 6.18 Å². The van der Waals surface area contributed by atoms with Crippen molar-refractivity contribution in [2.75, 3.05) is 13.2 Å². The number of benzene rings is 1. The number of aliphatic hydroxyl groups is 1. The molecule has 0 aromatic heterocycles. The van der Waals surface area contributed by atoms with Crippen molar-refractivity contribution in [1.82, 2.24) is 4.90 Å². The van der Waals surface area contributed by atoms with E-state index < -0.39 is 17.6 Å². The third kappa shape index (κ3) is 4.71. The maximum Gasteiger partial charge on any atom is 0.417 e. The number of carbonyl (C=O) groups excluding carboxylic acids is 1. The molecule has 0 saturated carbocycles. The topological polar surface area (TPSA) is 40.5 Å². The molecule has 1 aromatic rings. The highest BCUT2D eigenvalue weighted by atomic mass is 79.9. The molecule has 21 heavy (non-hydrogen) atoms. The molecule has 0 aliphatic carbocycles. The normalized spacial score (nSPS) is 11.8. The van der Waals surface area contributed by atoms with E-state index in [1.807, 2.05) is 0 Å². The van der Waals surface area contributed by atoms with Gasteiger partial charge < -0.3 is 10.0 Å². The first-order valence-corrected chi connectivity index (χ1v) is 7.26. The fraction of sp³-hybridized carbons (Fsp3) is 0.500. The van der Waals surface area contributed by atoms with Crippen molar-refractivity contribution in [3.05, 3.63) is 33.8 Å². The minimum Gasteiger partial charge on any atom is -0.396 e. The van der Waals surface area contributed by atoms with Gasteiger partial charge in [0.15, 0.2) is 0 Å². The van der Waals surface area contributed by atoms with Gasteiger partial charge in [-0.2, -0.15) is 13.2 Å². The number of carbonyl (C=O) groups is 1. The summed E-state index contributed by atoms with van der Waals surface area (Å²) in [6.07, 6.45) is -4.14. The first-order chi connectivity index (χ1) is 9.68. The Morgan fingerprint density at radius 1 is 1.38 bits per heavy atom. The second-order valence-electron chi connectivity index (χ2n) is 4.86. The van der Waals surface area contributed by atoms with E-state index in [0.717, 1.165) is 6.07 Å². The monoisotopic (exact) mass is 367 g/mol. The number of aliphatic hydroxyl groups excluding tert-OH is 1. The van der Waals surface area contributed by atoms with Gasteiger partial charge >= 0.3 is 6.18 Å². The zero-order chi connectivity index (χ0) is 16.2. The van der Waals surface area contributed by atoms with Crippen LogP contribution in [0.3, 0.4) is 0 Å². The van der Waals surface area contributed by atoms with Crippen LogP contribution in [0.1, 0.15) is 36.2 Å². The molecule has 1 amide bonds. The second kappa shape index (κ2) is 7.26. The van der Waals surface area contributed by atoms with Crippen LogP contribution in [-0.4, -0.2) is 35.1 Å². The molecule has 3 nitrogen and oxygen atoms in total. The Morgan fingerprint density at radius 2 is 2.00 bits per heavy atom. The molecule has 0 heterocycles. The molecule has 118 valence electrons. The van der Waals surface area contributed by atoms with Crippen LogP contribution in [0, 0.1) is 0 Å². The van der Waals surface area contributed by atoms with Crippen molar-refractivity contribution in [1.29, 1.82) is 0 Å². The molecule has 0 aliphatic heterocycles. The summed E-state index contributed by atoms with van der Waals surface area (Å²) in [7, 11) is 0. The maximum absolute atomic E-state index is 12.9. The van der Waals surface area contributed by atoms with Crippen LogP contribution in [0.25, 0.3) is 0 Å². The Labute approximate surface area is 129 Å². The van der Waals surface area contributed by atoms with Crippen molar-refractivity contribution in [3.63, 3.8) is 0 Å². The molecular formula is C14H17BrF3NO2. The molecule has 1 rings (SSSR count). The van der Waals surface area contributed by atoms with Crippen LogP contribution in [0.15, 0.2) is 22.7 Å². The highest BCUT2D eigenvalue weighted by Gasteiger charge is 2.34. The summed E-state index contributed by atoms with van der Waals surface area (Å²) < 4.78 is 38.5. The predicted octanol–water partition coefficient (Wildman–Crippen LogP) is 3.70. The van der Waals surface area contributed by atoms with Crippen molar-refractivity contribution < 1.29 is 23.1 Å². The molecule has 0 bridgehead atoms. The zero-order valence-corrected chi connectivity index (χ0v) is 13.3. The maximum atomic E-state index is 12.9. The molecule has 0 radical (unpaired) electrons. The number of halogens is 4. The van der Waals surface area contributed by atoms with E-state index in [9.17, 15) is 18.0 Å². The number of hydrogen-bond donors (Lipinski definition) is 1. The summed E-state index contributed by atoms with van der Waals surface area (Å²) in [4.78, 5) is 13.8. The SMILES string of the molecule is CC(C)N(CCCO)C(=O)c1ccc(Br)c(C(F)(F)F)c1. The van der Waals surface area contributed by atoms with Crippen molar-refractivity contribution in [2.24, 2.45) is 0 Å². The van der Waals surface area contributed by atoms with E-state index in [1.54, 1.807) is 13.8 Å². The molecule has 0 fully saturated rings. The molecule has 7 heteroatoms. The largest absolute Gasteiger partial charge is 0.417 e. The van der Waals surface area contributed by atoms with E-state index in [2.05, 4.69) is 15.9 Å². The summed E-state index contributed by atoms with van der Waals surface area (Å²) >= 11 is 2.85. The van der Waals surface area contributed by atoms with Crippen LogP contribution >= 0.6 is 15.9 Å².